The van der Waals surface area contributed by atoms with E-state index in [2.05, 4.69) is 35.8 Å². The lowest BCUT2D eigenvalue weighted by atomic mass is 10.1. The van der Waals surface area contributed by atoms with Crippen LogP contribution in [0.2, 0.25) is 0 Å². The predicted octanol–water partition coefficient (Wildman–Crippen LogP) is 2.15. The van der Waals surface area contributed by atoms with Gasteiger partial charge in [0.1, 0.15) is 0 Å². The SMILES string of the molecule is O=c1[nH]c(=S)[nH]c2c1CN(Cc1ccncc1Br)CC2. The van der Waals surface area contributed by atoms with Crippen molar-refractivity contribution in [2.24, 2.45) is 0 Å². The third-order valence-electron chi connectivity index (χ3n) is 3.44. The van der Waals surface area contributed by atoms with Crippen molar-refractivity contribution in [3.8, 4) is 0 Å². The molecule has 20 heavy (non-hydrogen) atoms. The lowest BCUT2D eigenvalue weighted by Gasteiger charge is -2.28. The van der Waals surface area contributed by atoms with Crippen molar-refractivity contribution in [3.63, 3.8) is 0 Å². The summed E-state index contributed by atoms with van der Waals surface area (Å²) in [4.78, 5) is 24.0. The van der Waals surface area contributed by atoms with Gasteiger partial charge in [-0.1, -0.05) is 0 Å². The Balaban J connectivity index is 1.84. The van der Waals surface area contributed by atoms with Crippen molar-refractivity contribution >= 4 is 28.1 Å². The standard InChI is InChI=1S/C13H13BrN4OS/c14-10-5-15-3-1-8(10)6-18-4-2-11-9(7-18)12(19)17-13(20)16-11/h1,3,5H,2,4,6-7H2,(H2,16,17,19,20). The van der Waals surface area contributed by atoms with Crippen molar-refractivity contribution in [1.82, 2.24) is 19.9 Å². The molecule has 104 valence electrons. The summed E-state index contributed by atoms with van der Waals surface area (Å²) in [6.07, 6.45) is 4.38. The molecule has 0 radical (unpaired) electrons. The number of aromatic nitrogens is 3. The van der Waals surface area contributed by atoms with Crippen LogP contribution in [0.15, 0.2) is 27.7 Å². The number of pyridine rings is 1. The van der Waals surface area contributed by atoms with Gasteiger partial charge in [0.15, 0.2) is 4.77 Å². The molecule has 0 spiro atoms. The van der Waals surface area contributed by atoms with E-state index in [4.69, 9.17) is 12.2 Å². The molecule has 0 aromatic carbocycles. The Kier molecular flexibility index (Phi) is 3.82. The average Bonchev–Trinajstić information content (AvgIpc) is 2.42. The first-order chi connectivity index (χ1) is 9.63. The first-order valence-corrected chi connectivity index (χ1v) is 7.48. The smallest absolute Gasteiger partial charge is 0.256 e. The summed E-state index contributed by atoms with van der Waals surface area (Å²) < 4.78 is 1.39. The van der Waals surface area contributed by atoms with Crippen molar-refractivity contribution in [1.29, 1.82) is 0 Å². The maximum Gasteiger partial charge on any atom is 0.256 e. The first-order valence-electron chi connectivity index (χ1n) is 6.28. The van der Waals surface area contributed by atoms with Crippen LogP contribution >= 0.6 is 28.1 Å². The fraction of sp³-hybridized carbons (Fsp3) is 0.308. The number of rotatable bonds is 2. The minimum absolute atomic E-state index is 0.0813. The zero-order valence-electron chi connectivity index (χ0n) is 10.6. The molecule has 0 bridgehead atoms. The number of H-pyrrole nitrogens is 2. The molecular weight excluding hydrogens is 340 g/mol. The third kappa shape index (κ3) is 2.74. The van der Waals surface area contributed by atoms with E-state index in [0.717, 1.165) is 35.2 Å². The highest BCUT2D eigenvalue weighted by atomic mass is 79.9. The second-order valence-corrected chi connectivity index (χ2v) is 6.06. The van der Waals surface area contributed by atoms with Gasteiger partial charge in [-0.05, 0) is 39.8 Å². The Labute approximate surface area is 129 Å². The molecule has 0 saturated carbocycles. The summed E-state index contributed by atoms with van der Waals surface area (Å²) in [5, 5.41) is 0. The summed E-state index contributed by atoms with van der Waals surface area (Å²) in [6, 6.07) is 1.99. The molecule has 3 heterocycles. The topological polar surface area (TPSA) is 64.8 Å². The van der Waals surface area contributed by atoms with Crippen molar-refractivity contribution < 1.29 is 0 Å². The van der Waals surface area contributed by atoms with Gasteiger partial charge in [-0.3, -0.25) is 19.7 Å². The molecule has 0 amide bonds. The van der Waals surface area contributed by atoms with E-state index in [-0.39, 0.29) is 5.56 Å². The Hall–Kier alpha value is -1.31. The molecule has 0 aliphatic carbocycles. The Morgan fingerprint density at radius 1 is 1.45 bits per heavy atom. The maximum absolute atomic E-state index is 12.0. The van der Waals surface area contributed by atoms with Crippen molar-refractivity contribution in [2.45, 2.75) is 19.5 Å². The molecule has 0 atom stereocenters. The lowest BCUT2D eigenvalue weighted by Crippen LogP contribution is -2.35. The molecule has 2 aromatic rings. The highest BCUT2D eigenvalue weighted by molar-refractivity contribution is 9.10. The van der Waals surface area contributed by atoms with Crippen LogP contribution in [-0.4, -0.2) is 26.4 Å². The van der Waals surface area contributed by atoms with E-state index in [1.807, 2.05) is 6.07 Å². The van der Waals surface area contributed by atoms with Gasteiger partial charge >= 0.3 is 0 Å². The minimum Gasteiger partial charge on any atom is -0.335 e. The zero-order valence-corrected chi connectivity index (χ0v) is 13.1. The molecular formula is C13H13BrN4OS. The van der Waals surface area contributed by atoms with Gasteiger partial charge in [0.25, 0.3) is 5.56 Å². The summed E-state index contributed by atoms with van der Waals surface area (Å²) >= 11 is 8.50. The Bertz CT molecular complexity index is 755. The number of fused-ring (bicyclic) bond motifs is 1. The van der Waals surface area contributed by atoms with Gasteiger partial charge in [-0.15, -0.1) is 0 Å². The number of halogens is 1. The molecule has 7 heteroatoms. The summed E-state index contributed by atoms with van der Waals surface area (Å²) in [5.41, 5.74) is 2.84. The van der Waals surface area contributed by atoms with Crippen LogP contribution in [0, 0.1) is 4.77 Å². The number of aromatic amines is 2. The van der Waals surface area contributed by atoms with E-state index in [1.165, 1.54) is 5.56 Å². The highest BCUT2D eigenvalue weighted by Crippen LogP contribution is 2.20. The molecule has 0 saturated heterocycles. The van der Waals surface area contributed by atoms with Gasteiger partial charge in [-0.2, -0.15) is 0 Å². The van der Waals surface area contributed by atoms with Crippen LogP contribution in [0.5, 0.6) is 0 Å². The van der Waals surface area contributed by atoms with Gasteiger partial charge < -0.3 is 4.98 Å². The van der Waals surface area contributed by atoms with Gasteiger partial charge in [-0.25, -0.2) is 0 Å². The Morgan fingerprint density at radius 3 is 3.10 bits per heavy atom. The second kappa shape index (κ2) is 5.59. The van der Waals surface area contributed by atoms with Gasteiger partial charge in [0.05, 0.1) is 5.56 Å². The van der Waals surface area contributed by atoms with E-state index in [0.29, 0.717) is 11.3 Å². The van der Waals surface area contributed by atoms with Crippen LogP contribution in [0.1, 0.15) is 16.8 Å². The van der Waals surface area contributed by atoms with Crippen molar-refractivity contribution in [3.05, 3.63) is 54.9 Å². The number of nitrogens with one attached hydrogen (secondary N) is 2. The lowest BCUT2D eigenvalue weighted by molar-refractivity contribution is 0.241. The summed E-state index contributed by atoms with van der Waals surface area (Å²) in [7, 11) is 0. The normalized spacial score (nSPS) is 15.1. The van der Waals surface area contributed by atoms with E-state index in [1.54, 1.807) is 12.4 Å². The third-order valence-corrected chi connectivity index (χ3v) is 4.36. The zero-order chi connectivity index (χ0) is 14.1. The number of hydrogen-bond donors (Lipinski definition) is 2. The average molecular weight is 353 g/mol. The molecule has 1 aliphatic heterocycles. The monoisotopic (exact) mass is 352 g/mol. The van der Waals surface area contributed by atoms with Crippen LogP contribution in [0.3, 0.4) is 0 Å². The summed E-state index contributed by atoms with van der Waals surface area (Å²) in [6.45, 7) is 2.32. The van der Waals surface area contributed by atoms with Gasteiger partial charge in [0.2, 0.25) is 0 Å². The predicted molar refractivity (Wildman–Crippen MR) is 82.0 cm³/mol. The van der Waals surface area contributed by atoms with E-state index < -0.39 is 0 Å². The fourth-order valence-electron chi connectivity index (χ4n) is 2.42. The highest BCUT2D eigenvalue weighted by Gasteiger charge is 2.20. The van der Waals surface area contributed by atoms with Gasteiger partial charge in [0, 0.05) is 48.6 Å². The minimum atomic E-state index is -0.0813. The first kappa shape index (κ1) is 13.7. The quantitative estimate of drug-likeness (QED) is 0.812. The van der Waals surface area contributed by atoms with E-state index in [9.17, 15) is 4.79 Å². The van der Waals surface area contributed by atoms with Crippen LogP contribution in [0.25, 0.3) is 0 Å². The number of hydrogen-bond acceptors (Lipinski definition) is 4. The maximum atomic E-state index is 12.0. The molecule has 2 aromatic heterocycles. The second-order valence-electron chi connectivity index (χ2n) is 4.79. The van der Waals surface area contributed by atoms with Crippen LogP contribution in [-0.2, 0) is 19.5 Å². The molecule has 3 rings (SSSR count). The molecule has 1 aliphatic rings. The van der Waals surface area contributed by atoms with Crippen molar-refractivity contribution in [2.75, 3.05) is 6.54 Å². The number of nitrogens with zero attached hydrogens (tertiary/aromatic N) is 2. The van der Waals surface area contributed by atoms with E-state index >= 15 is 0 Å². The largest absolute Gasteiger partial charge is 0.335 e. The molecule has 2 N–H and O–H groups in total. The molecule has 5 nitrogen and oxygen atoms in total. The fourth-order valence-corrected chi connectivity index (χ4v) is 3.01. The van der Waals surface area contributed by atoms with Crippen LogP contribution in [0.4, 0.5) is 0 Å². The van der Waals surface area contributed by atoms with Crippen LogP contribution < -0.4 is 5.56 Å². The molecule has 0 unspecified atom stereocenters. The molecule has 0 fully saturated rings. The Morgan fingerprint density at radius 2 is 2.30 bits per heavy atom. The summed E-state index contributed by atoms with van der Waals surface area (Å²) in [5.74, 6) is 0.